The van der Waals surface area contributed by atoms with Crippen LogP contribution in [0.1, 0.15) is 100 Å². The van der Waals surface area contributed by atoms with Crippen molar-refractivity contribution in [1.29, 1.82) is 0 Å². The first kappa shape index (κ1) is 82.4. The molecule has 14 aromatic carbocycles. The minimum Gasteiger partial charge on any atom is -0.308 e. The zero-order chi connectivity index (χ0) is 88.8. The van der Waals surface area contributed by atoms with E-state index >= 15 is 0 Å². The van der Waals surface area contributed by atoms with Crippen LogP contribution < -0.4 is 0 Å². The SMILES string of the molecule is Cc1cc(-c2nc(-c3ccccc3)cc(-c3ccccc3)n2)cc(-c2nc(-c3ccccc3)nc(-c3ccccc3)n2)c1-n1c2c(C)c(C)c(C)c(C)c2c2c(C)c(C)c(C)c(C)c21.Cc1cc(-n2c3c(C)c(C)c(C)c(C)c3c3c(C)c(C)c(C)c(C)c32)c(-c2nc(-c3ccccc3)nc(-c3ccccc3)n2)cc1-c1nc(-c2ccccc2)nc(-c2ccccc2)n1. The number of fused-ring (bicyclic) bond motifs is 6. The highest BCUT2D eigenvalue weighted by atomic mass is 15.1. The number of benzene rings is 14. The van der Waals surface area contributed by atoms with Gasteiger partial charge in [-0.1, -0.05) is 243 Å². The van der Waals surface area contributed by atoms with Crippen molar-refractivity contribution in [2.24, 2.45) is 0 Å². The maximum absolute atomic E-state index is 5.40. The summed E-state index contributed by atoms with van der Waals surface area (Å²) >= 11 is 0. The third-order valence-corrected chi connectivity index (χ3v) is 27.1. The molecule has 0 atom stereocenters. The largest absolute Gasteiger partial charge is 0.308 e. The smallest absolute Gasteiger partial charge is 0.166 e. The number of nitrogens with zero attached hydrogens (tertiary/aromatic N) is 13. The normalized spacial score (nSPS) is 11.5. The van der Waals surface area contributed by atoms with Crippen LogP contribution in [0.5, 0.6) is 0 Å². The Bertz CT molecular complexity index is 7430. The Labute approximate surface area is 748 Å². The zero-order valence-corrected chi connectivity index (χ0v) is 75.8. The monoisotopic (exact) mass is 1660 g/mol. The molecule has 6 aromatic heterocycles. The summed E-state index contributed by atoms with van der Waals surface area (Å²) in [5.41, 5.74) is 42.2. The molecule has 0 aliphatic rings. The fourth-order valence-corrected chi connectivity index (χ4v) is 18.8. The summed E-state index contributed by atoms with van der Waals surface area (Å²) in [5.74, 6) is 5.90. The molecule has 0 saturated carbocycles. The highest BCUT2D eigenvalue weighted by Crippen LogP contribution is 2.50. The standard InChI is InChI=1S/C58H50N6.C57H49N7/c1-33-30-46(57-59-48(42-22-14-10-15-23-42)32-49(60-57)43-24-16-11-17-25-43)31-47(58-62-55(44-26-18-12-19-27-44)61-56(63-58)45-28-20-13-21-29-45)52(33)64-53-40(8)36(4)34(2)38(6)50(53)51-39(7)35(3)37(5)41(9)54(51)64;1-32-30-47(64-50-39(8)35(4)33(2)37(6)48(50)49-38(7)34(3)36(5)40(9)51(49)64)46(57-62-54(43-26-18-12-19-27-43)59-55(63-57)44-28-20-13-21-29-44)31-45(32)56-60-52(41-22-14-10-15-23-41)58-53(61-56)42-24-16-11-17-25-42/h10-32H,1-9H3;10-31H,1-9H3. The van der Waals surface area contributed by atoms with E-state index in [9.17, 15) is 0 Å². The third kappa shape index (κ3) is 14.4. The van der Waals surface area contributed by atoms with Crippen molar-refractivity contribution in [3.05, 3.63) is 373 Å². The van der Waals surface area contributed by atoms with Gasteiger partial charge in [0.05, 0.1) is 44.8 Å². The molecule has 0 amide bonds. The minimum absolute atomic E-state index is 0.552. The molecule has 0 aliphatic heterocycles. The van der Waals surface area contributed by atoms with E-state index in [-0.39, 0.29) is 0 Å². The van der Waals surface area contributed by atoms with Gasteiger partial charge in [0.25, 0.3) is 0 Å². The van der Waals surface area contributed by atoms with Crippen LogP contribution >= 0.6 is 0 Å². The van der Waals surface area contributed by atoms with Gasteiger partial charge in [-0.3, -0.25) is 0 Å². The van der Waals surface area contributed by atoms with Crippen LogP contribution in [0.25, 0.3) is 191 Å². The molecule has 0 radical (unpaired) electrons. The van der Waals surface area contributed by atoms with Gasteiger partial charge in [0.2, 0.25) is 0 Å². The maximum atomic E-state index is 5.40. The number of aromatic nitrogens is 13. The summed E-state index contributed by atoms with van der Waals surface area (Å²) < 4.78 is 5.04. The summed E-state index contributed by atoms with van der Waals surface area (Å²) in [7, 11) is 0. The second-order valence-corrected chi connectivity index (χ2v) is 34.2. The second-order valence-electron chi connectivity index (χ2n) is 34.2. The summed E-state index contributed by atoms with van der Waals surface area (Å²) in [5, 5.41) is 5.17. The first-order valence-electron chi connectivity index (χ1n) is 43.9. The lowest BCUT2D eigenvalue weighted by Crippen LogP contribution is -2.08. The van der Waals surface area contributed by atoms with Crippen LogP contribution in [0.15, 0.2) is 273 Å². The van der Waals surface area contributed by atoms with Gasteiger partial charge in [-0.05, 0) is 255 Å². The van der Waals surface area contributed by atoms with Crippen molar-refractivity contribution in [3.8, 4) is 148 Å². The lowest BCUT2D eigenvalue weighted by molar-refractivity contribution is 1.05. The third-order valence-electron chi connectivity index (χ3n) is 27.1. The molecule has 0 saturated heterocycles. The van der Waals surface area contributed by atoms with E-state index in [0.29, 0.717) is 58.2 Å². The number of rotatable bonds is 14. The molecular weight excluding hydrogens is 1560 g/mol. The van der Waals surface area contributed by atoms with Gasteiger partial charge in [-0.15, -0.1) is 0 Å². The van der Waals surface area contributed by atoms with Gasteiger partial charge < -0.3 is 9.13 Å². The fourth-order valence-electron chi connectivity index (χ4n) is 18.8. The Morgan fingerprint density at radius 1 is 0.164 bits per heavy atom. The van der Waals surface area contributed by atoms with E-state index in [2.05, 4.69) is 261 Å². The van der Waals surface area contributed by atoms with Crippen LogP contribution in [0, 0.1) is 125 Å². The quantitative estimate of drug-likeness (QED) is 0.102. The number of hydrogen-bond acceptors (Lipinski definition) is 11. The van der Waals surface area contributed by atoms with E-state index in [4.69, 9.17) is 54.8 Å². The topological polar surface area (TPSA) is 152 Å². The first-order valence-corrected chi connectivity index (χ1v) is 43.9. The second kappa shape index (κ2) is 33.4. The average Bonchev–Trinajstić information content (AvgIpc) is 1.54. The van der Waals surface area contributed by atoms with Crippen LogP contribution in [0.4, 0.5) is 0 Å². The molecule has 0 unspecified atom stereocenters. The van der Waals surface area contributed by atoms with Crippen molar-refractivity contribution in [3.63, 3.8) is 0 Å². The molecule has 6 heterocycles. The Hall–Kier alpha value is -15.2. The van der Waals surface area contributed by atoms with E-state index < -0.39 is 0 Å². The molecule has 0 aliphatic carbocycles. The molecule has 0 spiro atoms. The fraction of sp³-hybridized carbons (Fsp3) is 0.157. The minimum atomic E-state index is 0.552. The van der Waals surface area contributed by atoms with E-state index in [0.717, 1.165) is 101 Å². The molecule has 128 heavy (non-hydrogen) atoms. The number of aryl methyl sites for hydroxylation is 10. The molecule has 0 bridgehead atoms. The van der Waals surface area contributed by atoms with Crippen LogP contribution in [0.2, 0.25) is 0 Å². The summed E-state index contributed by atoms with van der Waals surface area (Å²) in [4.78, 5) is 57.9. The van der Waals surface area contributed by atoms with Crippen molar-refractivity contribution >= 4 is 43.6 Å². The Morgan fingerprint density at radius 2 is 0.398 bits per heavy atom. The highest BCUT2D eigenvalue weighted by Gasteiger charge is 2.32. The molecule has 0 fully saturated rings. The van der Waals surface area contributed by atoms with Gasteiger partial charge in [0, 0.05) is 88.3 Å². The summed E-state index contributed by atoms with van der Waals surface area (Å²) in [6.45, 7) is 40.7. The van der Waals surface area contributed by atoms with Crippen molar-refractivity contribution in [2.45, 2.75) is 125 Å². The van der Waals surface area contributed by atoms with Gasteiger partial charge in [0.15, 0.2) is 58.2 Å². The van der Waals surface area contributed by atoms with Gasteiger partial charge in [0.1, 0.15) is 0 Å². The Balaban J connectivity index is 0.000000167. The molecular formula is C115H99N13. The van der Waals surface area contributed by atoms with Crippen molar-refractivity contribution < 1.29 is 0 Å². The predicted octanol–water partition coefficient (Wildman–Crippen LogP) is 28.5. The zero-order valence-electron chi connectivity index (χ0n) is 75.8. The average molecular weight is 1660 g/mol. The van der Waals surface area contributed by atoms with Gasteiger partial charge in [-0.25, -0.2) is 54.8 Å². The van der Waals surface area contributed by atoms with E-state index in [1.165, 1.54) is 133 Å². The van der Waals surface area contributed by atoms with Crippen LogP contribution in [0.3, 0.4) is 0 Å². The first-order chi connectivity index (χ1) is 62.0. The Kier molecular flexibility index (Phi) is 21.5. The molecule has 20 rings (SSSR count). The van der Waals surface area contributed by atoms with Crippen LogP contribution in [-0.2, 0) is 0 Å². The van der Waals surface area contributed by atoms with Crippen LogP contribution in [-0.4, -0.2) is 64.0 Å². The number of hydrogen-bond donors (Lipinski definition) is 0. The summed E-state index contributed by atoms with van der Waals surface area (Å²) in [6.07, 6.45) is 0. The maximum Gasteiger partial charge on any atom is 0.166 e. The van der Waals surface area contributed by atoms with E-state index in [1.54, 1.807) is 0 Å². The predicted molar refractivity (Wildman–Crippen MR) is 528 cm³/mol. The van der Waals surface area contributed by atoms with Gasteiger partial charge in [-0.2, -0.15) is 0 Å². The molecule has 624 valence electrons. The Morgan fingerprint density at radius 3 is 0.688 bits per heavy atom. The molecule has 0 N–H and O–H groups in total. The lowest BCUT2D eigenvalue weighted by atomic mass is 9.90. The van der Waals surface area contributed by atoms with E-state index in [1.807, 2.05) is 146 Å². The van der Waals surface area contributed by atoms with Crippen molar-refractivity contribution in [2.75, 3.05) is 0 Å². The summed E-state index contributed by atoms with van der Waals surface area (Å²) in [6, 6.07) is 92.7. The lowest BCUT2D eigenvalue weighted by Gasteiger charge is -2.21. The van der Waals surface area contributed by atoms with Crippen molar-refractivity contribution in [1.82, 2.24) is 64.0 Å². The van der Waals surface area contributed by atoms with Gasteiger partial charge >= 0.3 is 0 Å². The molecule has 20 aromatic rings. The molecule has 13 heteroatoms. The molecule has 13 nitrogen and oxygen atoms in total. The highest BCUT2D eigenvalue weighted by molar-refractivity contribution is 6.18.